The molecule has 0 amide bonds. The zero-order valence-electron chi connectivity index (χ0n) is 8.04. The highest BCUT2D eigenvalue weighted by Gasteiger charge is 2.18. The van der Waals surface area contributed by atoms with Crippen molar-refractivity contribution in [3.63, 3.8) is 0 Å². The molecule has 0 bridgehead atoms. The molecule has 1 aliphatic heterocycles. The van der Waals surface area contributed by atoms with Crippen LogP contribution in [0.4, 0.5) is 5.69 Å². The first-order chi connectivity index (χ1) is 6.36. The second-order valence-electron chi connectivity index (χ2n) is 3.17. The van der Waals surface area contributed by atoms with Crippen LogP contribution < -0.4 is 5.43 Å². The first-order valence-electron chi connectivity index (χ1n) is 4.76. The van der Waals surface area contributed by atoms with Gasteiger partial charge in [-0.2, -0.15) is 10.5 Å². The number of aryl methyl sites for hydroxylation is 1. The summed E-state index contributed by atoms with van der Waals surface area (Å²) in [5.41, 5.74) is 8.95. The normalized spacial score (nSPS) is 13.5. The third kappa shape index (κ3) is 1.22. The van der Waals surface area contributed by atoms with Gasteiger partial charge in [0.2, 0.25) is 0 Å². The van der Waals surface area contributed by atoms with E-state index in [0.29, 0.717) is 0 Å². The zero-order valence-corrected chi connectivity index (χ0v) is 8.04. The van der Waals surface area contributed by atoms with Crippen molar-refractivity contribution in [2.24, 2.45) is 5.10 Å². The molecule has 0 saturated carbocycles. The van der Waals surface area contributed by atoms with Crippen LogP contribution in [0.1, 0.15) is 31.4 Å². The van der Waals surface area contributed by atoms with Crippen molar-refractivity contribution in [1.29, 1.82) is 0 Å². The van der Waals surface area contributed by atoms with Gasteiger partial charge in [-0.1, -0.05) is 26.0 Å². The van der Waals surface area contributed by atoms with Gasteiger partial charge in [0, 0.05) is 5.56 Å². The van der Waals surface area contributed by atoms with Crippen molar-refractivity contribution in [3.05, 3.63) is 29.3 Å². The number of nitrogens with zero attached hydrogens (tertiary/aromatic N) is 2. The van der Waals surface area contributed by atoms with Crippen molar-refractivity contribution in [1.82, 2.24) is 5.43 Å². The van der Waals surface area contributed by atoms with Crippen LogP contribution >= 0.6 is 0 Å². The van der Waals surface area contributed by atoms with E-state index in [-0.39, 0.29) is 0 Å². The monoisotopic (exact) mass is 173 g/mol. The van der Waals surface area contributed by atoms with Crippen molar-refractivity contribution in [2.45, 2.75) is 26.7 Å². The van der Waals surface area contributed by atoms with Gasteiger partial charge in [-0.3, -0.25) is 0 Å². The number of fused-ring (bicyclic) bond motifs is 1. The molecule has 13 heavy (non-hydrogen) atoms. The molecule has 0 unspecified atom stereocenters. The lowest BCUT2D eigenvalue weighted by atomic mass is 9.99. The van der Waals surface area contributed by atoms with Crippen LogP contribution in [0, 0.1) is 0 Å². The van der Waals surface area contributed by atoms with Crippen molar-refractivity contribution in [3.8, 4) is 0 Å². The summed E-state index contributed by atoms with van der Waals surface area (Å²) < 4.78 is 0. The predicted molar refractivity (Wildman–Crippen MR) is 54.4 cm³/mol. The number of benzene rings is 1. The molecule has 67 valence electrons. The van der Waals surface area contributed by atoms with E-state index in [1.165, 1.54) is 11.1 Å². The third-order valence-corrected chi connectivity index (χ3v) is 2.41. The van der Waals surface area contributed by atoms with Gasteiger partial charge in [0.15, 0.2) is 0 Å². The van der Waals surface area contributed by atoms with Crippen LogP contribution in [0.5, 0.6) is 0 Å². The summed E-state index contributed by atoms with van der Waals surface area (Å²) in [6.07, 6.45) is 2.02. The molecule has 0 fully saturated rings. The zero-order chi connectivity index (χ0) is 9.26. The summed E-state index contributed by atoms with van der Waals surface area (Å²) >= 11 is 0. The molecule has 2 heteroatoms. The van der Waals surface area contributed by atoms with Gasteiger partial charge in [-0.15, -0.1) is 0 Å². The first-order valence-corrected chi connectivity index (χ1v) is 4.76. The third-order valence-electron chi connectivity index (χ3n) is 2.41. The van der Waals surface area contributed by atoms with Gasteiger partial charge in [0.25, 0.3) is 0 Å². The van der Waals surface area contributed by atoms with Gasteiger partial charge in [0.1, 0.15) is 0 Å². The topological polar surface area (TPSA) is 26.5 Å². The standard InChI is InChI=1S/C11H13N2/c1-3-8-6-5-7-10-11(8)9(4-2)12-13-10/h5-7H,3-4H2,1-2H3. The summed E-state index contributed by atoms with van der Waals surface area (Å²) in [7, 11) is 0. The van der Waals surface area contributed by atoms with E-state index < -0.39 is 0 Å². The lowest BCUT2D eigenvalue weighted by Gasteiger charge is -2.05. The Morgan fingerprint density at radius 1 is 1.15 bits per heavy atom. The Bertz CT molecular complexity index is 353. The van der Waals surface area contributed by atoms with Crippen molar-refractivity contribution in [2.75, 3.05) is 0 Å². The quantitative estimate of drug-likeness (QED) is 0.657. The fourth-order valence-corrected chi connectivity index (χ4v) is 1.71. The Kier molecular flexibility index (Phi) is 2.05. The van der Waals surface area contributed by atoms with E-state index in [2.05, 4.69) is 36.5 Å². The van der Waals surface area contributed by atoms with Gasteiger partial charge in [-0.05, 0) is 24.5 Å². The molecule has 2 nitrogen and oxygen atoms in total. The van der Waals surface area contributed by atoms with E-state index in [4.69, 9.17) is 0 Å². The fraction of sp³-hybridized carbons (Fsp3) is 0.364. The molecule has 0 aliphatic carbocycles. The largest absolute Gasteiger partial charge is 0.154 e. The van der Waals surface area contributed by atoms with Crippen LogP contribution in [0.25, 0.3) is 0 Å². The van der Waals surface area contributed by atoms with E-state index in [0.717, 1.165) is 24.2 Å². The second-order valence-corrected chi connectivity index (χ2v) is 3.17. The Labute approximate surface area is 78.7 Å². The van der Waals surface area contributed by atoms with Crippen LogP contribution in [0.15, 0.2) is 23.3 Å². The van der Waals surface area contributed by atoms with E-state index in [1.54, 1.807) is 0 Å². The van der Waals surface area contributed by atoms with Gasteiger partial charge >= 0.3 is 0 Å². The summed E-state index contributed by atoms with van der Waals surface area (Å²) in [5.74, 6) is 0. The Morgan fingerprint density at radius 3 is 2.69 bits per heavy atom. The van der Waals surface area contributed by atoms with E-state index >= 15 is 0 Å². The fourth-order valence-electron chi connectivity index (χ4n) is 1.71. The average molecular weight is 173 g/mol. The minimum atomic E-state index is 0.966. The molecular formula is C11H13N2. The number of rotatable bonds is 2. The predicted octanol–water partition coefficient (Wildman–Crippen LogP) is 2.61. The Morgan fingerprint density at radius 2 is 2.00 bits per heavy atom. The van der Waals surface area contributed by atoms with Crippen LogP contribution in [0.2, 0.25) is 0 Å². The summed E-state index contributed by atoms with van der Waals surface area (Å²) in [4.78, 5) is 0. The van der Waals surface area contributed by atoms with Gasteiger partial charge in [0.05, 0.1) is 11.4 Å². The molecular weight excluding hydrogens is 160 g/mol. The van der Waals surface area contributed by atoms with Crippen molar-refractivity contribution < 1.29 is 0 Å². The van der Waals surface area contributed by atoms with Crippen LogP contribution in [0.3, 0.4) is 0 Å². The summed E-state index contributed by atoms with van der Waals surface area (Å²) in [5, 5.41) is 4.17. The molecule has 0 saturated heterocycles. The molecule has 0 atom stereocenters. The first kappa shape index (κ1) is 8.30. The smallest absolute Gasteiger partial charge is 0.0950 e. The lowest BCUT2D eigenvalue weighted by molar-refractivity contribution is 0.978. The highest BCUT2D eigenvalue weighted by atomic mass is 15.3. The van der Waals surface area contributed by atoms with E-state index in [9.17, 15) is 0 Å². The van der Waals surface area contributed by atoms with Crippen molar-refractivity contribution >= 4 is 11.4 Å². The summed E-state index contributed by atoms with van der Waals surface area (Å²) in [6, 6.07) is 6.24. The molecule has 2 rings (SSSR count). The molecule has 0 N–H and O–H groups in total. The van der Waals surface area contributed by atoms with Gasteiger partial charge < -0.3 is 0 Å². The maximum absolute atomic E-state index is 4.17. The minimum Gasteiger partial charge on any atom is -0.154 e. The van der Waals surface area contributed by atoms with Crippen LogP contribution in [-0.4, -0.2) is 5.71 Å². The minimum absolute atomic E-state index is 0.966. The molecule has 1 radical (unpaired) electrons. The maximum Gasteiger partial charge on any atom is 0.0950 e. The number of hydrogen-bond acceptors (Lipinski definition) is 1. The molecule has 1 heterocycles. The Balaban J connectivity index is 2.53. The Hall–Kier alpha value is -1.31. The average Bonchev–Trinajstić information content (AvgIpc) is 2.60. The lowest BCUT2D eigenvalue weighted by Crippen LogP contribution is -1.99. The highest BCUT2D eigenvalue weighted by molar-refractivity contribution is 6.07. The molecule has 0 spiro atoms. The van der Waals surface area contributed by atoms with Crippen LogP contribution in [-0.2, 0) is 6.42 Å². The SMILES string of the molecule is CCC1=N[N]c2cccc(CC)c21. The molecule has 1 aromatic rings. The molecule has 1 aromatic carbocycles. The van der Waals surface area contributed by atoms with E-state index in [1.807, 2.05) is 6.07 Å². The maximum atomic E-state index is 4.17. The molecule has 1 aliphatic rings. The number of hydrogen-bond donors (Lipinski definition) is 0. The van der Waals surface area contributed by atoms with Gasteiger partial charge in [-0.25, -0.2) is 0 Å². The highest BCUT2D eigenvalue weighted by Crippen LogP contribution is 2.27. The summed E-state index contributed by atoms with van der Waals surface area (Å²) in [6.45, 7) is 4.29. The second kappa shape index (κ2) is 3.21. The molecule has 0 aromatic heterocycles.